The molecule has 0 spiro atoms. The molecule has 0 aliphatic rings. The van der Waals surface area contributed by atoms with Crippen molar-refractivity contribution in [1.29, 1.82) is 0 Å². The first kappa shape index (κ1) is 24.2. The number of carbonyl (C=O) groups is 4. The molecule has 0 saturated carbocycles. The van der Waals surface area contributed by atoms with E-state index in [2.05, 4.69) is 0 Å². The number of hydrogen-bond donors (Lipinski definition) is 0. The highest BCUT2D eigenvalue weighted by Crippen LogP contribution is 2.38. The second kappa shape index (κ2) is 10.4. The first-order valence-corrected chi connectivity index (χ1v) is 10.2. The molecular weight excluding hydrogens is 440 g/mol. The third kappa shape index (κ3) is 6.29. The maximum atomic E-state index is 11.5. The molecule has 3 rings (SSSR count). The Morgan fingerprint density at radius 3 is 1.09 bits per heavy atom. The van der Waals surface area contributed by atoms with Crippen molar-refractivity contribution in [2.24, 2.45) is 0 Å². The number of benzene rings is 3. The average Bonchev–Trinajstić information content (AvgIpc) is 2.74. The van der Waals surface area contributed by atoms with Gasteiger partial charge in [0.1, 0.15) is 23.0 Å². The lowest BCUT2D eigenvalue weighted by atomic mass is 9.98. The van der Waals surface area contributed by atoms with Crippen LogP contribution in [0.1, 0.15) is 27.7 Å². The highest BCUT2D eigenvalue weighted by atomic mass is 16.5. The van der Waals surface area contributed by atoms with Gasteiger partial charge in [0.05, 0.1) is 0 Å². The van der Waals surface area contributed by atoms with E-state index in [-0.39, 0.29) is 0 Å². The fourth-order valence-electron chi connectivity index (χ4n) is 3.25. The van der Waals surface area contributed by atoms with E-state index < -0.39 is 23.9 Å². The molecule has 0 N–H and O–H groups in total. The van der Waals surface area contributed by atoms with E-state index in [9.17, 15) is 19.2 Å². The van der Waals surface area contributed by atoms with Crippen molar-refractivity contribution >= 4 is 23.9 Å². The van der Waals surface area contributed by atoms with E-state index in [0.29, 0.717) is 45.3 Å². The van der Waals surface area contributed by atoms with Crippen LogP contribution in [0.15, 0.2) is 60.7 Å². The second-order valence-electron chi connectivity index (χ2n) is 7.27. The molecule has 8 heteroatoms. The molecule has 0 bridgehead atoms. The summed E-state index contributed by atoms with van der Waals surface area (Å²) in [6.45, 7) is 5.16. The highest BCUT2D eigenvalue weighted by Gasteiger charge is 2.15. The van der Waals surface area contributed by atoms with Crippen molar-refractivity contribution in [1.82, 2.24) is 0 Å². The number of rotatable bonds is 6. The monoisotopic (exact) mass is 462 g/mol. The Bertz CT molecular complexity index is 1160. The van der Waals surface area contributed by atoms with Crippen molar-refractivity contribution in [3.05, 3.63) is 60.7 Å². The Morgan fingerprint density at radius 1 is 0.471 bits per heavy atom. The third-order valence-corrected chi connectivity index (χ3v) is 4.44. The van der Waals surface area contributed by atoms with Crippen LogP contribution in [0.4, 0.5) is 0 Å². The van der Waals surface area contributed by atoms with Gasteiger partial charge in [-0.25, -0.2) is 0 Å². The first-order valence-electron chi connectivity index (χ1n) is 10.2. The Balaban J connectivity index is 2.05. The fraction of sp³-hybridized carbons (Fsp3) is 0.154. The third-order valence-electron chi connectivity index (χ3n) is 4.44. The second-order valence-corrected chi connectivity index (χ2v) is 7.27. The molecule has 0 amide bonds. The molecule has 3 aromatic rings. The number of esters is 4. The Hall–Kier alpha value is -4.46. The summed E-state index contributed by atoms with van der Waals surface area (Å²) in [5.41, 5.74) is 2.43. The predicted octanol–water partition coefficient (Wildman–Crippen LogP) is 4.72. The lowest BCUT2D eigenvalue weighted by Crippen LogP contribution is -2.05. The minimum absolute atomic E-state index is 0.300. The Kier molecular flexibility index (Phi) is 7.43. The minimum Gasteiger partial charge on any atom is -0.427 e. The van der Waals surface area contributed by atoms with E-state index in [1.807, 2.05) is 0 Å². The van der Waals surface area contributed by atoms with Crippen LogP contribution in [-0.4, -0.2) is 23.9 Å². The zero-order valence-electron chi connectivity index (χ0n) is 19.0. The SMILES string of the molecule is CC(=O)Oc1ccc(OC(C)=O)c(-c2ccc(-c3cc(OC(C)=O)ccc3OC(C)=O)cc2)c1. The van der Waals surface area contributed by atoms with Gasteiger partial charge < -0.3 is 18.9 Å². The molecule has 34 heavy (non-hydrogen) atoms. The predicted molar refractivity (Wildman–Crippen MR) is 123 cm³/mol. The van der Waals surface area contributed by atoms with Crippen molar-refractivity contribution in [2.75, 3.05) is 0 Å². The smallest absolute Gasteiger partial charge is 0.308 e. The van der Waals surface area contributed by atoms with E-state index in [0.717, 1.165) is 0 Å². The lowest BCUT2D eigenvalue weighted by molar-refractivity contribution is -0.133. The van der Waals surface area contributed by atoms with Crippen LogP contribution >= 0.6 is 0 Å². The highest BCUT2D eigenvalue weighted by molar-refractivity contribution is 5.82. The number of ether oxygens (including phenoxy) is 4. The quantitative estimate of drug-likeness (QED) is 0.383. The molecule has 0 unspecified atom stereocenters. The summed E-state index contributed by atoms with van der Waals surface area (Å²) in [6.07, 6.45) is 0. The largest absolute Gasteiger partial charge is 0.427 e. The van der Waals surface area contributed by atoms with E-state index in [4.69, 9.17) is 18.9 Å². The van der Waals surface area contributed by atoms with Crippen LogP contribution in [0.3, 0.4) is 0 Å². The van der Waals surface area contributed by atoms with Gasteiger partial charge in [0, 0.05) is 38.8 Å². The van der Waals surface area contributed by atoms with Crippen LogP contribution in [0, 0.1) is 0 Å². The molecule has 0 aromatic heterocycles. The average molecular weight is 462 g/mol. The van der Waals surface area contributed by atoms with Gasteiger partial charge in [-0.15, -0.1) is 0 Å². The molecule has 0 fully saturated rings. The number of hydrogen-bond acceptors (Lipinski definition) is 8. The molecular formula is C26H22O8. The standard InChI is InChI=1S/C26H22O8/c1-15(27)31-21-9-11-25(33-17(3)29)23(13-21)19-5-7-20(8-6-19)24-14-22(32-16(2)28)10-12-26(24)34-18(4)30/h5-14H,1-4H3. The van der Waals surface area contributed by atoms with Crippen LogP contribution < -0.4 is 18.9 Å². The zero-order chi connectivity index (χ0) is 24.8. The molecule has 0 radical (unpaired) electrons. The van der Waals surface area contributed by atoms with Crippen LogP contribution in [-0.2, 0) is 19.2 Å². The van der Waals surface area contributed by atoms with Gasteiger partial charge >= 0.3 is 23.9 Å². The summed E-state index contributed by atoms with van der Waals surface area (Å²) >= 11 is 0. The Labute approximate surface area is 196 Å². The van der Waals surface area contributed by atoms with Crippen molar-refractivity contribution in [2.45, 2.75) is 27.7 Å². The topological polar surface area (TPSA) is 105 Å². The van der Waals surface area contributed by atoms with Gasteiger partial charge in [-0.05, 0) is 47.5 Å². The van der Waals surface area contributed by atoms with Gasteiger partial charge in [-0.3, -0.25) is 19.2 Å². The van der Waals surface area contributed by atoms with Gasteiger partial charge in [-0.2, -0.15) is 0 Å². The molecule has 8 nitrogen and oxygen atoms in total. The summed E-state index contributed by atoms with van der Waals surface area (Å²) in [4.78, 5) is 45.8. The summed E-state index contributed by atoms with van der Waals surface area (Å²) in [6, 6.07) is 16.4. The molecule has 174 valence electrons. The molecule has 0 atom stereocenters. The van der Waals surface area contributed by atoms with Crippen molar-refractivity contribution in [3.8, 4) is 45.3 Å². The van der Waals surface area contributed by atoms with Gasteiger partial charge in [0.15, 0.2) is 0 Å². The van der Waals surface area contributed by atoms with E-state index >= 15 is 0 Å². The molecule has 0 aliphatic carbocycles. The van der Waals surface area contributed by atoms with Crippen molar-refractivity contribution in [3.63, 3.8) is 0 Å². The number of carbonyl (C=O) groups excluding carboxylic acids is 4. The summed E-state index contributed by atoms with van der Waals surface area (Å²) in [7, 11) is 0. The summed E-state index contributed by atoms with van der Waals surface area (Å²) < 4.78 is 20.9. The molecule has 0 heterocycles. The minimum atomic E-state index is -0.494. The maximum absolute atomic E-state index is 11.5. The molecule has 0 aliphatic heterocycles. The molecule has 3 aromatic carbocycles. The molecule has 0 saturated heterocycles. The van der Waals surface area contributed by atoms with Crippen LogP contribution in [0.5, 0.6) is 23.0 Å². The van der Waals surface area contributed by atoms with Gasteiger partial charge in [0.2, 0.25) is 0 Å². The summed E-state index contributed by atoms with van der Waals surface area (Å²) in [5, 5.41) is 0. The van der Waals surface area contributed by atoms with Gasteiger partial charge in [0.25, 0.3) is 0 Å². The van der Waals surface area contributed by atoms with E-state index in [1.54, 1.807) is 48.5 Å². The summed E-state index contributed by atoms with van der Waals surface area (Å²) in [5.74, 6) is -0.748. The van der Waals surface area contributed by atoms with Crippen molar-refractivity contribution < 1.29 is 38.1 Å². The van der Waals surface area contributed by atoms with Gasteiger partial charge in [-0.1, -0.05) is 24.3 Å². The van der Waals surface area contributed by atoms with Crippen LogP contribution in [0.2, 0.25) is 0 Å². The van der Waals surface area contributed by atoms with E-state index in [1.165, 1.54) is 39.8 Å². The lowest BCUT2D eigenvalue weighted by Gasteiger charge is -2.14. The zero-order valence-corrected chi connectivity index (χ0v) is 19.0. The maximum Gasteiger partial charge on any atom is 0.308 e. The fourth-order valence-corrected chi connectivity index (χ4v) is 3.25. The first-order chi connectivity index (χ1) is 16.1. The van der Waals surface area contributed by atoms with Crippen LogP contribution in [0.25, 0.3) is 22.3 Å². The normalized spacial score (nSPS) is 10.2. The Morgan fingerprint density at radius 2 is 0.794 bits per heavy atom.